The van der Waals surface area contributed by atoms with Crippen LogP contribution >= 0.6 is 0 Å². The third kappa shape index (κ3) is 2.74. The third-order valence-electron chi connectivity index (χ3n) is 3.01. The topological polar surface area (TPSA) is 36.6 Å². The number of furan rings is 1. The Morgan fingerprint density at radius 3 is 2.56 bits per heavy atom. The van der Waals surface area contributed by atoms with Crippen molar-refractivity contribution in [3.63, 3.8) is 0 Å². The highest BCUT2D eigenvalue weighted by Crippen LogP contribution is 2.23. The molecule has 18 heavy (non-hydrogen) atoms. The van der Waals surface area contributed by atoms with Gasteiger partial charge in [-0.25, -0.2) is 0 Å². The first-order valence-electron chi connectivity index (χ1n) is 6.07. The van der Waals surface area contributed by atoms with E-state index in [1.54, 1.807) is 0 Å². The molecule has 1 aromatic heterocycles. The summed E-state index contributed by atoms with van der Waals surface area (Å²) in [5, 5.41) is 9.41. The summed E-state index contributed by atoms with van der Waals surface area (Å²) in [6.45, 7) is 4.72. The molecule has 1 aromatic carbocycles. The van der Waals surface area contributed by atoms with Gasteiger partial charge in [0.25, 0.3) is 0 Å². The minimum atomic E-state index is 0.0541. The maximum Gasteiger partial charge on any atom is 0.123 e. The molecule has 0 saturated heterocycles. The lowest BCUT2D eigenvalue weighted by Gasteiger charge is -2.21. The normalized spacial score (nSPS) is 10.7. The SMILES string of the molecule is Cc1ccc(N(C)Cc2ccc(C)o2)c(CO)c1. The molecule has 0 saturated carbocycles. The van der Waals surface area contributed by atoms with Gasteiger partial charge in [-0.3, -0.25) is 0 Å². The molecule has 2 rings (SSSR count). The average Bonchev–Trinajstić information content (AvgIpc) is 2.74. The molecule has 0 fully saturated rings. The van der Waals surface area contributed by atoms with Crippen LogP contribution in [0.25, 0.3) is 0 Å². The van der Waals surface area contributed by atoms with E-state index in [0.717, 1.165) is 28.3 Å². The highest BCUT2D eigenvalue weighted by molar-refractivity contribution is 5.54. The first kappa shape index (κ1) is 12.7. The van der Waals surface area contributed by atoms with Crippen LogP contribution in [0.5, 0.6) is 0 Å². The number of aliphatic hydroxyl groups excluding tert-OH is 1. The molecular weight excluding hydrogens is 226 g/mol. The molecule has 1 heterocycles. The van der Waals surface area contributed by atoms with Crippen LogP contribution in [0.15, 0.2) is 34.7 Å². The molecule has 0 atom stereocenters. The van der Waals surface area contributed by atoms with Crippen molar-refractivity contribution in [2.75, 3.05) is 11.9 Å². The van der Waals surface area contributed by atoms with Gasteiger partial charge in [-0.2, -0.15) is 0 Å². The summed E-state index contributed by atoms with van der Waals surface area (Å²) in [5.41, 5.74) is 3.14. The molecule has 3 heteroatoms. The monoisotopic (exact) mass is 245 g/mol. The van der Waals surface area contributed by atoms with E-state index in [-0.39, 0.29) is 6.61 Å². The summed E-state index contributed by atoms with van der Waals surface area (Å²) >= 11 is 0. The Morgan fingerprint density at radius 2 is 1.94 bits per heavy atom. The van der Waals surface area contributed by atoms with E-state index in [0.29, 0.717) is 6.54 Å². The number of anilines is 1. The van der Waals surface area contributed by atoms with Crippen LogP contribution < -0.4 is 4.90 Å². The van der Waals surface area contributed by atoms with E-state index in [1.165, 1.54) is 0 Å². The van der Waals surface area contributed by atoms with Crippen LogP contribution in [0.4, 0.5) is 5.69 Å². The lowest BCUT2D eigenvalue weighted by molar-refractivity contribution is 0.282. The van der Waals surface area contributed by atoms with Gasteiger partial charge in [0, 0.05) is 18.3 Å². The predicted octanol–water partition coefficient (Wildman–Crippen LogP) is 3.03. The fourth-order valence-electron chi connectivity index (χ4n) is 2.10. The van der Waals surface area contributed by atoms with E-state index in [9.17, 15) is 5.11 Å². The van der Waals surface area contributed by atoms with E-state index in [1.807, 2.05) is 45.2 Å². The minimum Gasteiger partial charge on any atom is -0.464 e. The van der Waals surface area contributed by atoms with Gasteiger partial charge in [0.15, 0.2) is 0 Å². The Labute approximate surface area is 108 Å². The fraction of sp³-hybridized carbons (Fsp3) is 0.333. The molecule has 3 nitrogen and oxygen atoms in total. The summed E-state index contributed by atoms with van der Waals surface area (Å²) < 4.78 is 5.57. The van der Waals surface area contributed by atoms with Crippen molar-refractivity contribution in [1.82, 2.24) is 0 Å². The molecule has 0 aliphatic carbocycles. The van der Waals surface area contributed by atoms with Crippen LogP contribution in [0.2, 0.25) is 0 Å². The maximum atomic E-state index is 9.41. The molecule has 0 aliphatic rings. The molecule has 0 unspecified atom stereocenters. The van der Waals surface area contributed by atoms with Crippen molar-refractivity contribution >= 4 is 5.69 Å². The quantitative estimate of drug-likeness (QED) is 0.899. The molecule has 96 valence electrons. The molecule has 1 N–H and O–H groups in total. The number of nitrogens with zero attached hydrogens (tertiary/aromatic N) is 1. The van der Waals surface area contributed by atoms with Crippen molar-refractivity contribution in [2.45, 2.75) is 27.0 Å². The number of benzene rings is 1. The third-order valence-corrected chi connectivity index (χ3v) is 3.01. The Kier molecular flexibility index (Phi) is 3.72. The fourth-order valence-corrected chi connectivity index (χ4v) is 2.10. The Morgan fingerprint density at radius 1 is 1.17 bits per heavy atom. The van der Waals surface area contributed by atoms with E-state index < -0.39 is 0 Å². The molecule has 0 radical (unpaired) electrons. The molecule has 2 aromatic rings. The highest BCUT2D eigenvalue weighted by Gasteiger charge is 2.09. The van der Waals surface area contributed by atoms with Crippen molar-refractivity contribution in [3.05, 3.63) is 53.0 Å². The van der Waals surface area contributed by atoms with Crippen molar-refractivity contribution in [3.8, 4) is 0 Å². The predicted molar refractivity (Wildman–Crippen MR) is 72.7 cm³/mol. The van der Waals surface area contributed by atoms with E-state index in [2.05, 4.69) is 11.0 Å². The van der Waals surface area contributed by atoms with Gasteiger partial charge in [0.1, 0.15) is 11.5 Å². The summed E-state index contributed by atoms with van der Waals surface area (Å²) in [6.07, 6.45) is 0. The van der Waals surface area contributed by atoms with Gasteiger partial charge < -0.3 is 14.4 Å². The molecular formula is C15H19NO2. The van der Waals surface area contributed by atoms with Crippen LogP contribution in [0.1, 0.15) is 22.6 Å². The van der Waals surface area contributed by atoms with Crippen LogP contribution in [-0.2, 0) is 13.2 Å². The largest absolute Gasteiger partial charge is 0.464 e. The van der Waals surface area contributed by atoms with Gasteiger partial charge in [0.2, 0.25) is 0 Å². The lowest BCUT2D eigenvalue weighted by atomic mass is 10.1. The molecule has 0 amide bonds. The number of rotatable bonds is 4. The van der Waals surface area contributed by atoms with Crippen LogP contribution in [-0.4, -0.2) is 12.2 Å². The minimum absolute atomic E-state index is 0.0541. The number of hydrogen-bond donors (Lipinski definition) is 1. The number of aryl methyl sites for hydroxylation is 2. The van der Waals surface area contributed by atoms with Crippen molar-refractivity contribution in [1.29, 1.82) is 0 Å². The zero-order valence-corrected chi connectivity index (χ0v) is 11.1. The molecule has 0 spiro atoms. The zero-order valence-electron chi connectivity index (χ0n) is 11.1. The van der Waals surface area contributed by atoms with Gasteiger partial charge in [-0.1, -0.05) is 17.7 Å². The summed E-state index contributed by atoms with van der Waals surface area (Å²) in [4.78, 5) is 2.09. The van der Waals surface area contributed by atoms with E-state index in [4.69, 9.17) is 4.42 Å². The second-order valence-corrected chi connectivity index (χ2v) is 4.66. The van der Waals surface area contributed by atoms with Crippen LogP contribution in [0.3, 0.4) is 0 Å². The molecule has 0 bridgehead atoms. The number of aliphatic hydroxyl groups is 1. The second kappa shape index (κ2) is 5.27. The lowest BCUT2D eigenvalue weighted by Crippen LogP contribution is -2.17. The van der Waals surface area contributed by atoms with Crippen LogP contribution in [0, 0.1) is 13.8 Å². The summed E-state index contributed by atoms with van der Waals surface area (Å²) in [7, 11) is 2.00. The highest BCUT2D eigenvalue weighted by atomic mass is 16.3. The Balaban J connectivity index is 2.20. The van der Waals surface area contributed by atoms with Gasteiger partial charge in [0.05, 0.1) is 13.2 Å². The van der Waals surface area contributed by atoms with E-state index >= 15 is 0 Å². The van der Waals surface area contributed by atoms with Gasteiger partial charge >= 0.3 is 0 Å². The first-order chi connectivity index (χ1) is 8.60. The first-order valence-corrected chi connectivity index (χ1v) is 6.07. The van der Waals surface area contributed by atoms with Crippen molar-refractivity contribution in [2.24, 2.45) is 0 Å². The van der Waals surface area contributed by atoms with Gasteiger partial charge in [-0.15, -0.1) is 0 Å². The molecule has 0 aliphatic heterocycles. The summed E-state index contributed by atoms with van der Waals surface area (Å²) in [5.74, 6) is 1.85. The Hall–Kier alpha value is -1.74. The van der Waals surface area contributed by atoms with Crippen molar-refractivity contribution < 1.29 is 9.52 Å². The maximum absolute atomic E-state index is 9.41. The van der Waals surface area contributed by atoms with Gasteiger partial charge in [-0.05, 0) is 32.0 Å². The smallest absolute Gasteiger partial charge is 0.123 e. The average molecular weight is 245 g/mol. The Bertz CT molecular complexity index is 531. The standard InChI is InChI=1S/C15H19NO2/c1-11-4-7-15(13(8-11)10-17)16(3)9-14-6-5-12(2)18-14/h4-8,17H,9-10H2,1-3H3. The number of hydrogen-bond acceptors (Lipinski definition) is 3. The second-order valence-electron chi connectivity index (χ2n) is 4.66. The zero-order chi connectivity index (χ0) is 13.1. The summed E-state index contributed by atoms with van der Waals surface area (Å²) in [6, 6.07) is 10.1.